The van der Waals surface area contributed by atoms with Crippen molar-refractivity contribution in [1.82, 2.24) is 5.32 Å². The number of nitrogens with zero attached hydrogens (tertiary/aromatic N) is 1. The van der Waals surface area contributed by atoms with Crippen molar-refractivity contribution in [2.24, 2.45) is 0 Å². The first-order valence-corrected chi connectivity index (χ1v) is 5.68. The van der Waals surface area contributed by atoms with Crippen molar-refractivity contribution < 1.29 is 23.6 Å². The minimum Gasteiger partial charge on any atom is -0.482 e. The number of nitrogens with one attached hydrogen (secondary N) is 1. The second kappa shape index (κ2) is 6.29. The third kappa shape index (κ3) is 3.21. The van der Waals surface area contributed by atoms with E-state index in [-0.39, 0.29) is 6.61 Å². The maximum atomic E-state index is 13.6. The molecule has 8 heteroatoms. The van der Waals surface area contributed by atoms with Crippen LogP contribution in [0.15, 0.2) is 18.2 Å². The predicted octanol–water partition coefficient (Wildman–Crippen LogP) is 1.26. The number of hydrogen-bond donors (Lipinski definition) is 1. The van der Waals surface area contributed by atoms with Crippen LogP contribution in [0.2, 0.25) is 0 Å². The third-order valence-electron chi connectivity index (χ3n) is 2.84. The van der Waals surface area contributed by atoms with Crippen molar-refractivity contribution >= 4 is 11.7 Å². The number of rotatable bonds is 6. The maximum absolute atomic E-state index is 13.6. The zero-order valence-corrected chi connectivity index (χ0v) is 11.3. The number of carbonyl (C=O) groups excluding carboxylic acids is 1. The lowest BCUT2D eigenvalue weighted by Gasteiger charge is -2.25. The molecule has 7 nitrogen and oxygen atoms in total. The maximum Gasteiger partial charge on any atom is 0.329 e. The Balaban J connectivity index is 3.00. The van der Waals surface area contributed by atoms with E-state index in [4.69, 9.17) is 4.74 Å². The van der Waals surface area contributed by atoms with Crippen LogP contribution in [0.3, 0.4) is 0 Å². The first-order chi connectivity index (χ1) is 9.35. The van der Waals surface area contributed by atoms with Gasteiger partial charge in [-0.3, -0.25) is 10.1 Å². The van der Waals surface area contributed by atoms with Gasteiger partial charge in [-0.25, -0.2) is 9.18 Å². The highest BCUT2D eigenvalue weighted by Gasteiger charge is 2.35. The number of nitro benzene ring substituents is 1. The average Bonchev–Trinajstić information content (AvgIpc) is 2.44. The molecule has 0 aliphatic heterocycles. The van der Waals surface area contributed by atoms with E-state index in [2.05, 4.69) is 10.1 Å². The third-order valence-corrected chi connectivity index (χ3v) is 2.84. The Morgan fingerprint density at radius 1 is 1.55 bits per heavy atom. The molecule has 0 fully saturated rings. The molecule has 0 radical (unpaired) electrons. The van der Waals surface area contributed by atoms with E-state index >= 15 is 0 Å². The Bertz CT molecular complexity index is 523. The quantitative estimate of drug-likeness (QED) is 0.481. The van der Waals surface area contributed by atoms with Gasteiger partial charge in [-0.15, -0.1) is 0 Å². The van der Waals surface area contributed by atoms with Crippen LogP contribution in [0.5, 0.6) is 5.75 Å². The molecule has 0 saturated carbocycles. The zero-order valence-electron chi connectivity index (χ0n) is 11.3. The fourth-order valence-electron chi connectivity index (χ4n) is 1.46. The molecular weight excluding hydrogens is 271 g/mol. The van der Waals surface area contributed by atoms with E-state index in [0.29, 0.717) is 0 Å². The molecule has 1 N–H and O–H groups in total. The van der Waals surface area contributed by atoms with Gasteiger partial charge in [-0.05, 0) is 20.0 Å². The van der Waals surface area contributed by atoms with Crippen molar-refractivity contribution in [1.29, 1.82) is 0 Å². The lowest BCUT2D eigenvalue weighted by atomic mass is 10.1. The molecule has 0 aliphatic rings. The number of likely N-dealkylation sites (N-methyl/N-ethyl adjacent to an activating group) is 1. The number of nitro groups is 1. The molecule has 0 aliphatic carbocycles. The molecule has 0 heterocycles. The molecule has 1 aromatic carbocycles. The Morgan fingerprint density at radius 2 is 2.20 bits per heavy atom. The summed E-state index contributed by atoms with van der Waals surface area (Å²) in [7, 11) is 2.69. The van der Waals surface area contributed by atoms with Crippen LogP contribution in [-0.4, -0.2) is 37.2 Å². The number of esters is 1. The van der Waals surface area contributed by atoms with Gasteiger partial charge in [0.2, 0.25) is 5.75 Å². The van der Waals surface area contributed by atoms with Crippen molar-refractivity contribution in [2.75, 3.05) is 20.8 Å². The second-order valence-corrected chi connectivity index (χ2v) is 4.21. The average molecular weight is 286 g/mol. The number of para-hydroxylation sites is 1. The van der Waals surface area contributed by atoms with Crippen LogP contribution in [0.25, 0.3) is 0 Å². The molecule has 0 amide bonds. The Hall–Kier alpha value is -2.22. The summed E-state index contributed by atoms with van der Waals surface area (Å²) in [4.78, 5) is 21.7. The van der Waals surface area contributed by atoms with Crippen molar-refractivity contribution in [2.45, 2.75) is 12.5 Å². The van der Waals surface area contributed by atoms with Crippen LogP contribution in [-0.2, 0) is 9.53 Å². The van der Waals surface area contributed by atoms with Crippen molar-refractivity contribution in [3.05, 3.63) is 34.1 Å². The minimum atomic E-state index is -1.25. The first kappa shape index (κ1) is 15.8. The van der Waals surface area contributed by atoms with E-state index in [1.807, 2.05) is 0 Å². The fraction of sp³-hybridized carbons (Fsp3) is 0.417. The zero-order chi connectivity index (χ0) is 15.3. The first-order valence-electron chi connectivity index (χ1n) is 5.68. The van der Waals surface area contributed by atoms with Crippen LogP contribution in [0.4, 0.5) is 10.1 Å². The highest BCUT2D eigenvalue weighted by molar-refractivity contribution is 5.80. The largest absolute Gasteiger partial charge is 0.482 e. The number of methoxy groups -OCH3 is 1. The highest BCUT2D eigenvalue weighted by atomic mass is 19.1. The summed E-state index contributed by atoms with van der Waals surface area (Å²) >= 11 is 0. The molecule has 20 heavy (non-hydrogen) atoms. The van der Waals surface area contributed by atoms with Gasteiger partial charge in [0.05, 0.1) is 12.0 Å². The molecule has 0 aromatic heterocycles. The van der Waals surface area contributed by atoms with Crippen LogP contribution < -0.4 is 10.1 Å². The standard InChI is InChI=1S/C12H15FN2O5/c1-12(14-2,11(16)19-3)7-20-10-8(13)5-4-6-9(10)15(17)18/h4-6,14H,7H2,1-3H3. The second-order valence-electron chi connectivity index (χ2n) is 4.21. The van der Waals surface area contributed by atoms with Gasteiger partial charge in [-0.2, -0.15) is 0 Å². The topological polar surface area (TPSA) is 90.7 Å². The summed E-state index contributed by atoms with van der Waals surface area (Å²) in [5.74, 6) is -2.01. The van der Waals surface area contributed by atoms with Gasteiger partial charge in [0.15, 0.2) is 5.82 Å². The Kier molecular flexibility index (Phi) is 4.98. The van der Waals surface area contributed by atoms with Gasteiger partial charge in [-0.1, -0.05) is 6.07 Å². The van der Waals surface area contributed by atoms with E-state index in [1.165, 1.54) is 27.1 Å². The summed E-state index contributed by atoms with van der Waals surface area (Å²) in [6, 6.07) is 3.36. The number of carbonyl (C=O) groups is 1. The van der Waals surface area contributed by atoms with Gasteiger partial charge in [0.25, 0.3) is 0 Å². The number of hydrogen-bond acceptors (Lipinski definition) is 6. The van der Waals surface area contributed by atoms with Gasteiger partial charge >= 0.3 is 11.7 Å². The monoisotopic (exact) mass is 286 g/mol. The SMILES string of the molecule is CNC(C)(COc1c(F)cccc1[N+](=O)[O-])C(=O)OC. The van der Waals surface area contributed by atoms with E-state index in [1.54, 1.807) is 0 Å². The number of ether oxygens (including phenoxy) is 2. The molecular formula is C12H15FN2O5. The molecule has 0 spiro atoms. The molecule has 0 bridgehead atoms. The summed E-state index contributed by atoms with van der Waals surface area (Å²) in [5, 5.41) is 13.5. The van der Waals surface area contributed by atoms with Crippen LogP contribution in [0, 0.1) is 15.9 Å². The summed E-state index contributed by atoms with van der Waals surface area (Å²) < 4.78 is 23.3. The minimum absolute atomic E-state index is 0.321. The smallest absolute Gasteiger partial charge is 0.329 e. The van der Waals surface area contributed by atoms with Crippen molar-refractivity contribution in [3.8, 4) is 5.75 Å². The molecule has 1 aromatic rings. The lowest BCUT2D eigenvalue weighted by molar-refractivity contribution is -0.386. The van der Waals surface area contributed by atoms with Crippen LogP contribution >= 0.6 is 0 Å². The molecule has 110 valence electrons. The Morgan fingerprint density at radius 3 is 2.70 bits per heavy atom. The number of halogens is 1. The van der Waals surface area contributed by atoms with E-state index < -0.39 is 33.7 Å². The molecule has 0 saturated heterocycles. The van der Waals surface area contributed by atoms with Gasteiger partial charge in [0, 0.05) is 6.07 Å². The normalized spacial score (nSPS) is 13.4. The molecule has 1 rings (SSSR count). The fourth-order valence-corrected chi connectivity index (χ4v) is 1.46. The van der Waals surface area contributed by atoms with Gasteiger partial charge in [0.1, 0.15) is 12.1 Å². The summed E-state index contributed by atoms with van der Waals surface area (Å²) in [5.41, 5.74) is -1.75. The summed E-state index contributed by atoms with van der Waals surface area (Å²) in [6.07, 6.45) is 0. The number of benzene rings is 1. The predicted molar refractivity (Wildman–Crippen MR) is 68.0 cm³/mol. The summed E-state index contributed by atoms with van der Waals surface area (Å²) in [6.45, 7) is 1.16. The lowest BCUT2D eigenvalue weighted by Crippen LogP contribution is -2.53. The van der Waals surface area contributed by atoms with Crippen molar-refractivity contribution in [3.63, 3.8) is 0 Å². The van der Waals surface area contributed by atoms with E-state index in [0.717, 1.165) is 12.1 Å². The molecule has 1 unspecified atom stereocenters. The molecule has 1 atom stereocenters. The highest BCUT2D eigenvalue weighted by Crippen LogP contribution is 2.30. The van der Waals surface area contributed by atoms with E-state index in [9.17, 15) is 19.3 Å². The Labute approximate surface area is 114 Å². The van der Waals surface area contributed by atoms with Crippen LogP contribution in [0.1, 0.15) is 6.92 Å². The van der Waals surface area contributed by atoms with Gasteiger partial charge < -0.3 is 14.8 Å².